The third-order valence-electron chi connectivity index (χ3n) is 3.81. The van der Waals surface area contributed by atoms with Crippen LogP contribution in [-0.4, -0.2) is 38.5 Å². The van der Waals surface area contributed by atoms with Crippen LogP contribution >= 0.6 is 11.3 Å². The molecule has 1 amide bonds. The van der Waals surface area contributed by atoms with Gasteiger partial charge in [-0.2, -0.15) is 0 Å². The Bertz CT molecular complexity index is 679. The predicted octanol–water partition coefficient (Wildman–Crippen LogP) is 3.38. The van der Waals surface area contributed by atoms with Gasteiger partial charge in [0.1, 0.15) is 11.3 Å². The van der Waals surface area contributed by atoms with Gasteiger partial charge in [-0.1, -0.05) is 17.4 Å². The molecule has 1 aromatic heterocycles. The summed E-state index contributed by atoms with van der Waals surface area (Å²) < 4.78 is 16.5. The molecule has 2 heterocycles. The quantitative estimate of drug-likeness (QED) is 0.938. The molecule has 0 radical (unpaired) electrons. The fourth-order valence-electron chi connectivity index (χ4n) is 2.69. The van der Waals surface area contributed by atoms with E-state index in [4.69, 9.17) is 9.47 Å². The first-order valence-electron chi connectivity index (χ1n) is 7.13. The van der Waals surface area contributed by atoms with Gasteiger partial charge in [0.25, 0.3) is 0 Å². The minimum atomic E-state index is -0.523. The van der Waals surface area contributed by atoms with E-state index in [1.807, 2.05) is 6.07 Å². The number of amides is 1. The van der Waals surface area contributed by atoms with E-state index in [0.717, 1.165) is 36.3 Å². The maximum Gasteiger partial charge on any atom is 0.413 e. The van der Waals surface area contributed by atoms with Crippen LogP contribution in [0.3, 0.4) is 0 Å². The smallest absolute Gasteiger partial charge is 0.413 e. The van der Waals surface area contributed by atoms with Crippen LogP contribution in [0.5, 0.6) is 5.75 Å². The number of benzene rings is 1. The van der Waals surface area contributed by atoms with Crippen molar-refractivity contribution in [2.24, 2.45) is 0 Å². The third-order valence-corrected chi connectivity index (χ3v) is 4.83. The Balaban J connectivity index is 2.03. The van der Waals surface area contributed by atoms with Crippen LogP contribution in [0.15, 0.2) is 12.1 Å². The van der Waals surface area contributed by atoms with Gasteiger partial charge >= 0.3 is 6.09 Å². The monoisotopic (exact) mass is 322 g/mol. The van der Waals surface area contributed by atoms with Crippen LogP contribution in [0.25, 0.3) is 10.2 Å². The summed E-state index contributed by atoms with van der Waals surface area (Å²) in [5.41, 5.74) is 2.03. The summed E-state index contributed by atoms with van der Waals surface area (Å²) in [7, 11) is 2.95. The molecule has 0 aliphatic carbocycles. The molecule has 1 saturated heterocycles. The number of nitrogens with one attached hydrogen (secondary N) is 1. The number of carbonyl (C=O) groups is 1. The summed E-state index contributed by atoms with van der Waals surface area (Å²) in [6.07, 6.45) is 1.48. The van der Waals surface area contributed by atoms with Crippen molar-refractivity contribution >= 4 is 32.8 Å². The number of thiazole rings is 1. The highest BCUT2D eigenvalue weighted by molar-refractivity contribution is 7.22. The second kappa shape index (κ2) is 6.50. The van der Waals surface area contributed by atoms with Gasteiger partial charge in [-0.15, -0.1) is 0 Å². The van der Waals surface area contributed by atoms with Crippen LogP contribution < -0.4 is 10.1 Å². The standard InChI is InChI=1S/C15H18N2O4S/c1-19-11-4-3-10(9-5-7-21-8-6-9)13-12(11)16-14(22-13)17-15(18)20-2/h3-4,9H,5-8H2,1-2H3,(H,16,17,18). The SMILES string of the molecule is COC(=O)Nc1nc2c(OC)ccc(C3CCOCC3)c2s1. The Kier molecular flexibility index (Phi) is 4.44. The molecule has 118 valence electrons. The van der Waals surface area contributed by atoms with Crippen molar-refractivity contribution in [3.05, 3.63) is 17.7 Å². The van der Waals surface area contributed by atoms with E-state index in [0.29, 0.717) is 16.8 Å². The summed E-state index contributed by atoms with van der Waals surface area (Å²) in [5, 5.41) is 3.14. The normalized spacial score (nSPS) is 15.7. The number of methoxy groups -OCH3 is 2. The zero-order valence-electron chi connectivity index (χ0n) is 12.5. The van der Waals surface area contributed by atoms with Gasteiger partial charge in [-0.25, -0.2) is 9.78 Å². The molecule has 1 aromatic carbocycles. The van der Waals surface area contributed by atoms with E-state index >= 15 is 0 Å². The minimum absolute atomic E-state index is 0.452. The molecule has 2 aromatic rings. The highest BCUT2D eigenvalue weighted by Gasteiger charge is 2.22. The highest BCUT2D eigenvalue weighted by Crippen LogP contribution is 2.40. The zero-order valence-corrected chi connectivity index (χ0v) is 13.4. The molecule has 1 N–H and O–H groups in total. The summed E-state index contributed by atoms with van der Waals surface area (Å²) in [4.78, 5) is 15.9. The number of rotatable bonds is 3. The Morgan fingerprint density at radius 2 is 2.14 bits per heavy atom. The number of nitrogens with zero attached hydrogens (tertiary/aromatic N) is 1. The molecule has 1 aliphatic heterocycles. The summed E-state index contributed by atoms with van der Waals surface area (Å²) in [6.45, 7) is 1.56. The summed E-state index contributed by atoms with van der Waals surface area (Å²) in [5.74, 6) is 1.16. The molecule has 0 bridgehead atoms. The average molecular weight is 322 g/mol. The number of anilines is 1. The maximum absolute atomic E-state index is 11.4. The van der Waals surface area contributed by atoms with Crippen molar-refractivity contribution in [1.29, 1.82) is 0 Å². The molecule has 3 rings (SSSR count). The van der Waals surface area contributed by atoms with Gasteiger partial charge in [-0.05, 0) is 30.4 Å². The van der Waals surface area contributed by atoms with Crippen molar-refractivity contribution in [3.63, 3.8) is 0 Å². The average Bonchev–Trinajstić information content (AvgIpc) is 2.97. The van der Waals surface area contributed by atoms with Crippen LogP contribution in [0.2, 0.25) is 0 Å². The van der Waals surface area contributed by atoms with E-state index < -0.39 is 6.09 Å². The van der Waals surface area contributed by atoms with Crippen LogP contribution in [0.4, 0.5) is 9.93 Å². The molecular formula is C15H18N2O4S. The maximum atomic E-state index is 11.4. The van der Waals surface area contributed by atoms with Gasteiger partial charge in [0, 0.05) is 13.2 Å². The predicted molar refractivity (Wildman–Crippen MR) is 85.0 cm³/mol. The lowest BCUT2D eigenvalue weighted by molar-refractivity contribution is 0.0856. The number of fused-ring (bicyclic) bond motifs is 1. The lowest BCUT2D eigenvalue weighted by Gasteiger charge is -2.23. The van der Waals surface area contributed by atoms with Crippen molar-refractivity contribution in [3.8, 4) is 5.75 Å². The van der Waals surface area contributed by atoms with Crippen molar-refractivity contribution in [2.75, 3.05) is 32.8 Å². The Morgan fingerprint density at radius 3 is 2.82 bits per heavy atom. The van der Waals surface area contributed by atoms with Crippen LogP contribution in [-0.2, 0) is 9.47 Å². The van der Waals surface area contributed by atoms with E-state index in [2.05, 4.69) is 21.1 Å². The Morgan fingerprint density at radius 1 is 1.36 bits per heavy atom. The molecule has 0 saturated carbocycles. The third kappa shape index (κ3) is 2.86. The molecule has 1 fully saturated rings. The van der Waals surface area contributed by atoms with E-state index in [1.165, 1.54) is 24.0 Å². The lowest BCUT2D eigenvalue weighted by atomic mass is 9.91. The molecule has 22 heavy (non-hydrogen) atoms. The zero-order chi connectivity index (χ0) is 15.5. The van der Waals surface area contributed by atoms with E-state index in [1.54, 1.807) is 7.11 Å². The second-order valence-corrected chi connectivity index (χ2v) is 6.06. The van der Waals surface area contributed by atoms with Gasteiger partial charge in [-0.3, -0.25) is 5.32 Å². The Hall–Kier alpha value is -1.86. The molecule has 0 spiro atoms. The highest BCUT2D eigenvalue weighted by atomic mass is 32.1. The minimum Gasteiger partial charge on any atom is -0.494 e. The fraction of sp³-hybridized carbons (Fsp3) is 0.467. The molecule has 0 atom stereocenters. The first-order chi connectivity index (χ1) is 10.7. The molecule has 6 nitrogen and oxygen atoms in total. The molecule has 0 unspecified atom stereocenters. The van der Waals surface area contributed by atoms with Gasteiger partial charge in [0.15, 0.2) is 5.13 Å². The van der Waals surface area contributed by atoms with Crippen molar-refractivity contribution in [1.82, 2.24) is 4.98 Å². The number of hydrogen-bond donors (Lipinski definition) is 1. The topological polar surface area (TPSA) is 69.7 Å². The van der Waals surface area contributed by atoms with Gasteiger partial charge in [0.05, 0.1) is 18.9 Å². The Labute approximate surface area is 132 Å². The van der Waals surface area contributed by atoms with Crippen LogP contribution in [0.1, 0.15) is 24.3 Å². The lowest BCUT2D eigenvalue weighted by Crippen LogP contribution is -2.14. The molecule has 7 heteroatoms. The first-order valence-corrected chi connectivity index (χ1v) is 7.94. The largest absolute Gasteiger partial charge is 0.494 e. The van der Waals surface area contributed by atoms with Crippen LogP contribution in [0, 0.1) is 0 Å². The number of ether oxygens (including phenoxy) is 3. The van der Waals surface area contributed by atoms with Gasteiger partial charge in [0.2, 0.25) is 0 Å². The van der Waals surface area contributed by atoms with Gasteiger partial charge < -0.3 is 14.2 Å². The fourth-order valence-corrected chi connectivity index (χ4v) is 3.75. The number of carbonyl (C=O) groups excluding carboxylic acids is 1. The summed E-state index contributed by atoms with van der Waals surface area (Å²) in [6, 6.07) is 4.03. The van der Waals surface area contributed by atoms with E-state index in [9.17, 15) is 4.79 Å². The van der Waals surface area contributed by atoms with Crippen molar-refractivity contribution < 1.29 is 19.0 Å². The number of hydrogen-bond acceptors (Lipinski definition) is 6. The second-order valence-electron chi connectivity index (χ2n) is 5.06. The van der Waals surface area contributed by atoms with Crippen molar-refractivity contribution in [2.45, 2.75) is 18.8 Å². The summed E-state index contributed by atoms with van der Waals surface area (Å²) >= 11 is 1.45. The number of aromatic nitrogens is 1. The first kappa shape index (κ1) is 15.1. The molecular weight excluding hydrogens is 304 g/mol. The van der Waals surface area contributed by atoms with E-state index in [-0.39, 0.29) is 0 Å². The molecule has 1 aliphatic rings.